The van der Waals surface area contributed by atoms with Gasteiger partial charge in [-0.25, -0.2) is 0 Å². The minimum Gasteiger partial charge on any atom is -0.374 e. The quantitative estimate of drug-likeness (QED) is 0.636. The summed E-state index contributed by atoms with van der Waals surface area (Å²) in [4.78, 5) is 5.32. The van der Waals surface area contributed by atoms with E-state index in [0.717, 1.165) is 0 Å². The van der Waals surface area contributed by atoms with E-state index in [9.17, 15) is 0 Å². The summed E-state index contributed by atoms with van der Waals surface area (Å²) >= 11 is 0. The molecule has 0 N–H and O–H groups in total. The summed E-state index contributed by atoms with van der Waals surface area (Å²) in [5, 5.41) is 0. The Kier molecular flexibility index (Phi) is 4.27. The molecule has 2 atom stereocenters. The number of hydrogen-bond acceptors (Lipinski definition) is 2. The van der Waals surface area contributed by atoms with Gasteiger partial charge in [-0.2, -0.15) is 0 Å². The van der Waals surface area contributed by atoms with E-state index in [-0.39, 0.29) is 16.4 Å². The van der Waals surface area contributed by atoms with Crippen molar-refractivity contribution in [3.05, 3.63) is 11.3 Å². The molecular weight excluding hydrogens is 268 g/mol. The third-order valence-corrected chi connectivity index (χ3v) is 5.52. The van der Waals surface area contributed by atoms with Gasteiger partial charge in [-0.05, 0) is 38.2 Å². The maximum absolute atomic E-state index is 2.69. The second-order valence-electron chi connectivity index (χ2n) is 10.5. The van der Waals surface area contributed by atoms with E-state index in [1.54, 1.807) is 11.3 Å². The first-order valence-corrected chi connectivity index (χ1v) is 8.97. The fraction of sp³-hybridized carbons (Fsp3) is 0.900. The van der Waals surface area contributed by atoms with Gasteiger partial charge in [0.15, 0.2) is 0 Å². The van der Waals surface area contributed by atoms with Gasteiger partial charge in [0.1, 0.15) is 0 Å². The lowest BCUT2D eigenvalue weighted by Crippen LogP contribution is -2.53. The monoisotopic (exact) mass is 306 g/mol. The van der Waals surface area contributed by atoms with E-state index in [1.165, 1.54) is 19.5 Å². The largest absolute Gasteiger partial charge is 0.374 e. The van der Waals surface area contributed by atoms with Crippen molar-refractivity contribution in [2.75, 3.05) is 20.1 Å². The summed E-state index contributed by atoms with van der Waals surface area (Å²) in [6.07, 6.45) is 1.29. The summed E-state index contributed by atoms with van der Waals surface area (Å²) in [6, 6.07) is 0.696. The second kappa shape index (κ2) is 5.26. The van der Waals surface area contributed by atoms with Crippen molar-refractivity contribution >= 4 is 0 Å². The zero-order chi connectivity index (χ0) is 17.1. The number of allylic oxidation sites excluding steroid dienone is 1. The van der Waals surface area contributed by atoms with Crippen LogP contribution in [0.15, 0.2) is 11.3 Å². The van der Waals surface area contributed by atoms with Gasteiger partial charge in [0.05, 0.1) is 0 Å². The van der Waals surface area contributed by atoms with E-state index in [4.69, 9.17) is 0 Å². The highest BCUT2D eigenvalue weighted by molar-refractivity contribution is 5.34. The zero-order valence-electron chi connectivity index (χ0n) is 16.7. The van der Waals surface area contributed by atoms with Crippen LogP contribution in [0.4, 0.5) is 0 Å². The van der Waals surface area contributed by atoms with Crippen molar-refractivity contribution in [3.8, 4) is 0 Å². The van der Waals surface area contributed by atoms with Crippen molar-refractivity contribution in [1.29, 1.82) is 0 Å². The lowest BCUT2D eigenvalue weighted by atomic mass is 9.72. The Morgan fingerprint density at radius 1 is 0.864 bits per heavy atom. The third-order valence-electron chi connectivity index (χ3n) is 5.52. The van der Waals surface area contributed by atoms with E-state index in [0.29, 0.717) is 12.0 Å². The molecule has 22 heavy (non-hydrogen) atoms. The Balaban J connectivity index is 2.47. The summed E-state index contributed by atoms with van der Waals surface area (Å²) in [6.45, 7) is 23.9. The summed E-state index contributed by atoms with van der Waals surface area (Å²) in [5.41, 5.74) is 4.06. The molecule has 0 bridgehead atoms. The highest BCUT2D eigenvalue weighted by Gasteiger charge is 2.48. The molecule has 0 aromatic carbocycles. The number of likely N-dealkylation sites (tertiary alicyclic amines) is 1. The lowest BCUT2D eigenvalue weighted by Gasteiger charge is -2.46. The van der Waals surface area contributed by atoms with Crippen LogP contribution in [0, 0.1) is 16.7 Å². The average Bonchev–Trinajstić information content (AvgIpc) is 2.60. The Bertz CT molecular complexity index is 454. The van der Waals surface area contributed by atoms with Crippen molar-refractivity contribution in [2.24, 2.45) is 16.7 Å². The number of piperidine rings is 1. The topological polar surface area (TPSA) is 6.48 Å². The first kappa shape index (κ1) is 17.8. The molecule has 2 unspecified atom stereocenters. The summed E-state index contributed by atoms with van der Waals surface area (Å²) in [5.74, 6) is 0.687. The third kappa shape index (κ3) is 3.09. The standard InChI is InChI=1S/C20H38N2/c1-18(2,3)16-14-13-22(20(7,8)9)12-11-15(14)21(10)17(16)19(4,5)6/h14-15H,11-13H2,1-10H3. The Morgan fingerprint density at radius 2 is 1.41 bits per heavy atom. The maximum Gasteiger partial charge on any atom is 0.0374 e. The minimum atomic E-state index is 0.223. The number of fused-ring (bicyclic) bond motifs is 1. The molecule has 0 aromatic heterocycles. The normalized spacial score (nSPS) is 28.4. The van der Waals surface area contributed by atoms with Crippen molar-refractivity contribution < 1.29 is 0 Å². The molecule has 1 fully saturated rings. The van der Waals surface area contributed by atoms with Gasteiger partial charge >= 0.3 is 0 Å². The average molecular weight is 307 g/mol. The van der Waals surface area contributed by atoms with Crippen LogP contribution in [0.3, 0.4) is 0 Å². The van der Waals surface area contributed by atoms with Crippen LogP contribution in [0.5, 0.6) is 0 Å². The molecule has 2 heterocycles. The molecule has 2 rings (SSSR count). The molecular formula is C20H38N2. The molecule has 2 heteroatoms. The Morgan fingerprint density at radius 3 is 1.82 bits per heavy atom. The smallest absolute Gasteiger partial charge is 0.0374 e. The first-order valence-electron chi connectivity index (χ1n) is 8.97. The maximum atomic E-state index is 2.69. The van der Waals surface area contributed by atoms with Crippen molar-refractivity contribution in [2.45, 2.75) is 80.3 Å². The van der Waals surface area contributed by atoms with Crippen LogP contribution in [-0.2, 0) is 0 Å². The highest BCUT2D eigenvalue weighted by Crippen LogP contribution is 2.51. The van der Waals surface area contributed by atoms with E-state index >= 15 is 0 Å². The molecule has 2 nitrogen and oxygen atoms in total. The SMILES string of the molecule is CN1C(C(C)(C)C)=C(C(C)(C)C)C2CN(C(C)(C)C)CCC21. The molecule has 0 amide bonds. The fourth-order valence-corrected chi connectivity index (χ4v) is 4.67. The highest BCUT2D eigenvalue weighted by atomic mass is 15.3. The predicted molar refractivity (Wildman–Crippen MR) is 96.9 cm³/mol. The molecule has 0 spiro atoms. The summed E-state index contributed by atoms with van der Waals surface area (Å²) < 4.78 is 0. The number of rotatable bonds is 0. The summed E-state index contributed by atoms with van der Waals surface area (Å²) in [7, 11) is 2.34. The van der Waals surface area contributed by atoms with Gasteiger partial charge in [0.25, 0.3) is 0 Å². The van der Waals surface area contributed by atoms with Crippen LogP contribution in [0.2, 0.25) is 0 Å². The molecule has 0 aromatic rings. The molecule has 128 valence electrons. The van der Waals surface area contributed by atoms with Gasteiger partial charge in [0, 0.05) is 48.7 Å². The van der Waals surface area contributed by atoms with E-state index in [1.807, 2.05) is 0 Å². The minimum absolute atomic E-state index is 0.223. The molecule has 2 aliphatic heterocycles. The lowest BCUT2D eigenvalue weighted by molar-refractivity contribution is 0.0520. The van der Waals surface area contributed by atoms with Gasteiger partial charge in [0.2, 0.25) is 0 Å². The molecule has 1 saturated heterocycles. The second-order valence-corrected chi connectivity index (χ2v) is 10.5. The molecule has 0 saturated carbocycles. The van der Waals surface area contributed by atoms with Gasteiger partial charge < -0.3 is 4.90 Å². The van der Waals surface area contributed by atoms with E-state index in [2.05, 4.69) is 79.2 Å². The zero-order valence-corrected chi connectivity index (χ0v) is 16.7. The number of nitrogens with zero attached hydrogens (tertiary/aromatic N) is 2. The first-order chi connectivity index (χ1) is 9.74. The van der Waals surface area contributed by atoms with Crippen LogP contribution in [0.1, 0.15) is 68.7 Å². The van der Waals surface area contributed by atoms with Gasteiger partial charge in [-0.3, -0.25) is 4.90 Å². The van der Waals surface area contributed by atoms with Crippen LogP contribution in [-0.4, -0.2) is 41.5 Å². The number of hydrogen-bond donors (Lipinski definition) is 0. The van der Waals surface area contributed by atoms with Crippen molar-refractivity contribution in [1.82, 2.24) is 9.80 Å². The molecule has 2 aliphatic rings. The van der Waals surface area contributed by atoms with Crippen molar-refractivity contribution in [3.63, 3.8) is 0 Å². The fourth-order valence-electron chi connectivity index (χ4n) is 4.67. The molecule has 0 radical (unpaired) electrons. The Hall–Kier alpha value is -0.500. The van der Waals surface area contributed by atoms with Gasteiger partial charge in [-0.15, -0.1) is 0 Å². The van der Waals surface area contributed by atoms with Crippen LogP contribution >= 0.6 is 0 Å². The van der Waals surface area contributed by atoms with E-state index < -0.39 is 0 Å². The van der Waals surface area contributed by atoms with Gasteiger partial charge in [-0.1, -0.05) is 41.5 Å². The Labute approximate surface area is 138 Å². The van der Waals surface area contributed by atoms with Crippen LogP contribution < -0.4 is 0 Å². The molecule has 0 aliphatic carbocycles. The predicted octanol–water partition coefficient (Wildman–Crippen LogP) is 4.77. The van der Waals surface area contributed by atoms with Crippen LogP contribution in [0.25, 0.3) is 0 Å².